The van der Waals surface area contributed by atoms with Crippen molar-refractivity contribution in [1.82, 2.24) is 5.32 Å². The first-order chi connectivity index (χ1) is 16.7. The van der Waals surface area contributed by atoms with Gasteiger partial charge in [-0.15, -0.1) is 0 Å². The number of amides is 1. The Morgan fingerprint density at radius 3 is 2.34 bits per heavy atom. The predicted octanol–water partition coefficient (Wildman–Crippen LogP) is 3.57. The van der Waals surface area contributed by atoms with Crippen molar-refractivity contribution in [3.05, 3.63) is 100 Å². The van der Waals surface area contributed by atoms with Crippen LogP contribution in [0.5, 0.6) is 0 Å². The molecule has 1 aliphatic carbocycles. The number of benzene rings is 3. The molecule has 3 aromatic rings. The number of rotatable bonds is 9. The molecule has 10 nitrogen and oxygen atoms in total. The average molecular weight is 496 g/mol. The maximum Gasteiger partial charge on any atom is 0.341 e. The van der Waals surface area contributed by atoms with Gasteiger partial charge in [0.05, 0.1) is 21.1 Å². The Balaban J connectivity index is 1.60. The second-order valence-corrected chi connectivity index (χ2v) is 9.57. The molecule has 35 heavy (non-hydrogen) atoms. The van der Waals surface area contributed by atoms with Crippen LogP contribution in [0.25, 0.3) is 0 Å². The number of non-ortho nitro benzene ring substituents is 1. The summed E-state index contributed by atoms with van der Waals surface area (Å²) in [7, 11) is -4.27. The smallest absolute Gasteiger partial charge is 0.341 e. The Morgan fingerprint density at radius 2 is 1.66 bits per heavy atom. The lowest BCUT2D eigenvalue weighted by Gasteiger charge is -2.19. The van der Waals surface area contributed by atoms with E-state index in [1.54, 1.807) is 30.3 Å². The summed E-state index contributed by atoms with van der Waals surface area (Å²) in [6.45, 7) is 0. The third kappa shape index (κ3) is 5.82. The van der Waals surface area contributed by atoms with Crippen molar-refractivity contribution in [3.8, 4) is 0 Å². The highest BCUT2D eigenvalue weighted by Crippen LogP contribution is 2.27. The van der Waals surface area contributed by atoms with Gasteiger partial charge in [-0.25, -0.2) is 13.2 Å². The Hall–Kier alpha value is -4.25. The van der Waals surface area contributed by atoms with Crippen LogP contribution < -0.4 is 10.0 Å². The summed E-state index contributed by atoms with van der Waals surface area (Å²) >= 11 is 0. The number of sulfonamides is 1. The van der Waals surface area contributed by atoms with E-state index < -0.39 is 38.6 Å². The lowest BCUT2D eigenvalue weighted by Crippen LogP contribution is -2.33. The maximum absolute atomic E-state index is 13.1. The minimum atomic E-state index is -4.27. The highest BCUT2D eigenvalue weighted by Gasteiger charge is 2.32. The zero-order chi connectivity index (χ0) is 25.0. The monoisotopic (exact) mass is 495 g/mol. The van der Waals surface area contributed by atoms with Crippen LogP contribution in [-0.2, 0) is 19.6 Å². The van der Waals surface area contributed by atoms with Crippen LogP contribution in [0, 0.1) is 10.1 Å². The third-order valence-electron chi connectivity index (χ3n) is 5.22. The molecule has 1 aliphatic rings. The van der Waals surface area contributed by atoms with Crippen LogP contribution in [0.4, 0.5) is 11.4 Å². The standard InChI is InChI=1S/C24H21N3O7S/c28-23(25-17-13-14-17)22(16-7-2-1-3-8-16)34-24(29)20-11-4-5-12-21(20)26-35(32,33)19-10-6-9-18(15-19)27(30)31/h1-12,15,17,22,26H,13-14H2,(H,25,28). The number of nitrogens with zero attached hydrogens (tertiary/aromatic N) is 1. The van der Waals surface area contributed by atoms with Crippen LogP contribution in [0.1, 0.15) is 34.9 Å². The Kier molecular flexibility index (Phi) is 6.78. The predicted molar refractivity (Wildman–Crippen MR) is 126 cm³/mol. The van der Waals surface area contributed by atoms with Crippen molar-refractivity contribution < 1.29 is 27.7 Å². The molecule has 1 saturated carbocycles. The fourth-order valence-electron chi connectivity index (χ4n) is 3.29. The molecule has 2 N–H and O–H groups in total. The van der Waals surface area contributed by atoms with Crippen LogP contribution in [0.15, 0.2) is 83.8 Å². The van der Waals surface area contributed by atoms with Gasteiger partial charge in [-0.3, -0.25) is 19.6 Å². The van der Waals surface area contributed by atoms with E-state index in [0.717, 1.165) is 18.9 Å². The number of para-hydroxylation sites is 1. The maximum atomic E-state index is 13.1. The Labute approximate surface area is 201 Å². The minimum absolute atomic E-state index is 0.0430. The third-order valence-corrected chi connectivity index (χ3v) is 6.58. The number of hydrogen-bond acceptors (Lipinski definition) is 7. The van der Waals surface area contributed by atoms with Gasteiger partial charge in [-0.2, -0.15) is 0 Å². The van der Waals surface area contributed by atoms with Gasteiger partial charge in [0.15, 0.2) is 0 Å². The average Bonchev–Trinajstić information content (AvgIpc) is 3.67. The molecule has 0 aromatic heterocycles. The molecule has 0 heterocycles. The van der Waals surface area contributed by atoms with Crippen LogP contribution in [0.3, 0.4) is 0 Å². The number of carbonyl (C=O) groups is 2. The summed E-state index contributed by atoms with van der Waals surface area (Å²) in [6.07, 6.45) is 0.471. The molecule has 4 rings (SSSR count). The number of nitro benzene ring substituents is 1. The Morgan fingerprint density at radius 1 is 0.971 bits per heavy atom. The normalized spacial score (nSPS) is 13.9. The van der Waals surface area contributed by atoms with Gasteiger partial charge in [0, 0.05) is 23.7 Å². The van der Waals surface area contributed by atoms with Gasteiger partial charge in [0.2, 0.25) is 6.10 Å². The molecule has 1 atom stereocenters. The van der Waals surface area contributed by atoms with E-state index in [1.807, 2.05) is 0 Å². The van der Waals surface area contributed by atoms with Crippen LogP contribution in [0.2, 0.25) is 0 Å². The summed E-state index contributed by atoms with van der Waals surface area (Å²) in [6, 6.07) is 18.8. The molecule has 0 radical (unpaired) electrons. The van der Waals surface area contributed by atoms with Crippen molar-refractivity contribution in [3.63, 3.8) is 0 Å². The van der Waals surface area contributed by atoms with Crippen molar-refractivity contribution in [1.29, 1.82) is 0 Å². The highest BCUT2D eigenvalue weighted by atomic mass is 32.2. The van der Waals surface area contributed by atoms with E-state index in [-0.39, 0.29) is 22.2 Å². The summed E-state index contributed by atoms with van der Waals surface area (Å²) in [4.78, 5) is 35.9. The van der Waals surface area contributed by atoms with Gasteiger partial charge in [-0.05, 0) is 31.0 Å². The molecular formula is C24H21N3O7S. The molecule has 1 amide bonds. The van der Waals surface area contributed by atoms with E-state index in [4.69, 9.17) is 4.74 Å². The lowest BCUT2D eigenvalue weighted by molar-refractivity contribution is -0.385. The quantitative estimate of drug-likeness (QED) is 0.262. The van der Waals surface area contributed by atoms with Gasteiger partial charge in [0.1, 0.15) is 0 Å². The first-order valence-electron chi connectivity index (χ1n) is 10.7. The van der Waals surface area contributed by atoms with E-state index in [1.165, 1.54) is 42.5 Å². The van der Waals surface area contributed by atoms with Gasteiger partial charge >= 0.3 is 5.97 Å². The number of nitro groups is 1. The van der Waals surface area contributed by atoms with E-state index in [2.05, 4.69) is 10.0 Å². The highest BCUT2D eigenvalue weighted by molar-refractivity contribution is 7.92. The van der Waals surface area contributed by atoms with Gasteiger partial charge in [-0.1, -0.05) is 48.5 Å². The van der Waals surface area contributed by atoms with Gasteiger partial charge in [0.25, 0.3) is 21.6 Å². The van der Waals surface area contributed by atoms with Crippen molar-refractivity contribution in [2.24, 2.45) is 0 Å². The molecule has 0 bridgehead atoms. The number of esters is 1. The summed E-state index contributed by atoms with van der Waals surface area (Å²) in [5.41, 5.74) is -0.151. The molecule has 11 heteroatoms. The molecular weight excluding hydrogens is 474 g/mol. The minimum Gasteiger partial charge on any atom is -0.444 e. The number of nitrogens with one attached hydrogen (secondary N) is 2. The summed E-state index contributed by atoms with van der Waals surface area (Å²) in [5.74, 6) is -1.39. The zero-order valence-corrected chi connectivity index (χ0v) is 19.1. The van der Waals surface area contributed by atoms with Crippen molar-refractivity contribution in [2.45, 2.75) is 29.9 Å². The fourth-order valence-corrected chi connectivity index (χ4v) is 4.41. The summed E-state index contributed by atoms with van der Waals surface area (Å²) < 4.78 is 33.6. The van der Waals surface area contributed by atoms with Crippen molar-refractivity contribution in [2.75, 3.05) is 4.72 Å². The van der Waals surface area contributed by atoms with E-state index in [9.17, 15) is 28.1 Å². The topological polar surface area (TPSA) is 145 Å². The van der Waals surface area contributed by atoms with Crippen LogP contribution >= 0.6 is 0 Å². The molecule has 180 valence electrons. The molecule has 0 aliphatic heterocycles. The van der Waals surface area contributed by atoms with E-state index in [0.29, 0.717) is 5.56 Å². The second-order valence-electron chi connectivity index (χ2n) is 7.88. The van der Waals surface area contributed by atoms with E-state index >= 15 is 0 Å². The summed E-state index contributed by atoms with van der Waals surface area (Å²) in [5, 5.41) is 13.8. The van der Waals surface area contributed by atoms with Crippen molar-refractivity contribution >= 4 is 33.3 Å². The Bertz CT molecular complexity index is 1370. The largest absolute Gasteiger partial charge is 0.444 e. The number of anilines is 1. The molecule has 1 unspecified atom stereocenters. The second kappa shape index (κ2) is 9.94. The SMILES string of the molecule is O=C(OC(C(=O)NC1CC1)c1ccccc1)c1ccccc1NS(=O)(=O)c1cccc([N+](=O)[O-])c1. The van der Waals surface area contributed by atoms with Crippen LogP contribution in [-0.4, -0.2) is 31.3 Å². The first-order valence-corrected chi connectivity index (χ1v) is 12.2. The molecule has 1 fully saturated rings. The zero-order valence-electron chi connectivity index (χ0n) is 18.3. The number of carbonyl (C=O) groups excluding carboxylic acids is 2. The molecule has 3 aromatic carbocycles. The fraction of sp³-hybridized carbons (Fsp3) is 0.167. The number of hydrogen-bond donors (Lipinski definition) is 2. The number of ether oxygens (including phenoxy) is 1. The lowest BCUT2D eigenvalue weighted by atomic mass is 10.1. The molecule has 0 spiro atoms. The first kappa shape index (κ1) is 23.9. The van der Waals surface area contributed by atoms with Gasteiger partial charge < -0.3 is 10.1 Å². The molecule has 0 saturated heterocycles.